The number of fused-ring (bicyclic) bond motifs is 1. The Morgan fingerprint density at radius 3 is 2.64 bits per heavy atom. The first-order valence-electron chi connectivity index (χ1n) is 5.69. The van der Waals surface area contributed by atoms with E-state index in [1.807, 2.05) is 0 Å². The number of oxazole rings is 1. The van der Waals surface area contributed by atoms with Crippen LogP contribution in [-0.2, 0) is 6.18 Å². The van der Waals surface area contributed by atoms with Crippen LogP contribution < -0.4 is 5.76 Å². The van der Waals surface area contributed by atoms with Crippen molar-refractivity contribution in [1.29, 1.82) is 0 Å². The van der Waals surface area contributed by atoms with Crippen LogP contribution in [0.15, 0.2) is 27.5 Å². The van der Waals surface area contributed by atoms with Crippen molar-refractivity contribution in [2.75, 3.05) is 0 Å². The van der Waals surface area contributed by atoms with Gasteiger partial charge in [-0.1, -0.05) is 11.6 Å². The summed E-state index contributed by atoms with van der Waals surface area (Å²) in [6.45, 7) is 0. The average molecular weight is 334 g/mol. The van der Waals surface area contributed by atoms with Crippen molar-refractivity contribution in [2.45, 2.75) is 6.18 Å². The Morgan fingerprint density at radius 1 is 1.27 bits per heavy atom. The van der Waals surface area contributed by atoms with Crippen LogP contribution in [-0.4, -0.2) is 15.0 Å². The van der Waals surface area contributed by atoms with Gasteiger partial charge in [0.15, 0.2) is 22.2 Å². The number of nitrogens with one attached hydrogen (secondary N) is 1. The predicted molar refractivity (Wildman–Crippen MR) is 67.8 cm³/mol. The number of benzene rings is 1. The first kappa shape index (κ1) is 14.5. The number of aromatic amines is 1. The summed E-state index contributed by atoms with van der Waals surface area (Å²) in [7, 11) is 0. The molecular formula is C12H4ClF4N3O2. The molecule has 3 aromatic rings. The lowest BCUT2D eigenvalue weighted by Crippen LogP contribution is -2.10. The van der Waals surface area contributed by atoms with Gasteiger partial charge < -0.3 is 4.42 Å². The Kier molecular flexibility index (Phi) is 3.17. The van der Waals surface area contributed by atoms with Gasteiger partial charge in [0.1, 0.15) is 5.52 Å². The maximum Gasteiger partial charge on any atom is 0.436 e. The summed E-state index contributed by atoms with van der Waals surface area (Å²) in [6.07, 6.45) is -3.93. The summed E-state index contributed by atoms with van der Waals surface area (Å²) < 4.78 is 56.1. The highest BCUT2D eigenvalue weighted by Crippen LogP contribution is 2.34. The minimum absolute atomic E-state index is 0.0814. The van der Waals surface area contributed by atoms with Crippen LogP contribution in [0.25, 0.3) is 22.4 Å². The minimum atomic E-state index is -4.75. The molecule has 0 aliphatic rings. The molecule has 0 atom stereocenters. The van der Waals surface area contributed by atoms with Gasteiger partial charge in [0, 0.05) is 5.56 Å². The van der Waals surface area contributed by atoms with E-state index in [1.54, 1.807) is 0 Å². The number of halogens is 5. The Balaban J connectivity index is 2.23. The van der Waals surface area contributed by atoms with Crippen LogP contribution in [0.5, 0.6) is 0 Å². The molecular weight excluding hydrogens is 330 g/mol. The maximum absolute atomic E-state index is 13.6. The van der Waals surface area contributed by atoms with Crippen LogP contribution in [0.2, 0.25) is 5.15 Å². The van der Waals surface area contributed by atoms with E-state index < -0.39 is 28.6 Å². The van der Waals surface area contributed by atoms with E-state index in [-0.39, 0.29) is 22.4 Å². The molecule has 3 rings (SSSR count). The summed E-state index contributed by atoms with van der Waals surface area (Å²) in [5.74, 6) is -1.66. The number of hydrogen-bond acceptors (Lipinski definition) is 4. The molecule has 0 spiro atoms. The van der Waals surface area contributed by atoms with Crippen molar-refractivity contribution < 1.29 is 22.0 Å². The van der Waals surface area contributed by atoms with Gasteiger partial charge in [-0.05, 0) is 12.1 Å². The molecule has 0 unspecified atom stereocenters. The van der Waals surface area contributed by atoms with Crippen molar-refractivity contribution in [1.82, 2.24) is 15.0 Å². The monoisotopic (exact) mass is 333 g/mol. The lowest BCUT2D eigenvalue weighted by atomic mass is 10.1. The summed E-state index contributed by atoms with van der Waals surface area (Å²) in [6, 6.07) is 2.21. The van der Waals surface area contributed by atoms with Crippen molar-refractivity contribution in [2.24, 2.45) is 0 Å². The second kappa shape index (κ2) is 4.80. The zero-order chi connectivity index (χ0) is 16.1. The molecule has 114 valence electrons. The third kappa shape index (κ3) is 2.33. The summed E-state index contributed by atoms with van der Waals surface area (Å²) in [5.41, 5.74) is -1.76. The fourth-order valence-electron chi connectivity index (χ4n) is 1.89. The Bertz CT molecular complexity index is 932. The van der Waals surface area contributed by atoms with Crippen molar-refractivity contribution in [3.8, 4) is 11.3 Å². The fourth-order valence-corrected chi connectivity index (χ4v) is 2.14. The largest absolute Gasteiger partial charge is 0.436 e. The lowest BCUT2D eigenvalue weighted by molar-refractivity contribution is -0.141. The number of aromatic nitrogens is 3. The highest BCUT2D eigenvalue weighted by Gasteiger charge is 2.36. The van der Waals surface area contributed by atoms with Gasteiger partial charge in [-0.2, -0.15) is 13.2 Å². The molecule has 0 radical (unpaired) electrons. The number of H-pyrrole nitrogens is 1. The van der Waals surface area contributed by atoms with E-state index in [4.69, 9.17) is 16.0 Å². The normalized spacial score (nSPS) is 12.0. The standard InChI is InChI=1S/C12H4ClF4N3O2/c13-10-9(12(15,16)17)18-3-6(19-10)4-1-2-5(14)7-8(4)22-11(21)20-7/h1-3H,(H,20,21). The van der Waals surface area contributed by atoms with Crippen LogP contribution >= 0.6 is 11.6 Å². The molecule has 2 aromatic heterocycles. The first-order valence-corrected chi connectivity index (χ1v) is 6.06. The second-order valence-electron chi connectivity index (χ2n) is 4.21. The minimum Gasteiger partial charge on any atom is -0.407 e. The second-order valence-corrected chi connectivity index (χ2v) is 4.56. The highest BCUT2D eigenvalue weighted by atomic mass is 35.5. The summed E-state index contributed by atoms with van der Waals surface area (Å²) >= 11 is 5.48. The maximum atomic E-state index is 13.6. The quantitative estimate of drug-likeness (QED) is 0.693. The van der Waals surface area contributed by atoms with Crippen LogP contribution in [0.3, 0.4) is 0 Å². The van der Waals surface area contributed by atoms with Gasteiger partial charge in [-0.15, -0.1) is 0 Å². The summed E-state index contributed by atoms with van der Waals surface area (Å²) in [5, 5.41) is -0.861. The Labute approximate surface area is 123 Å². The highest BCUT2D eigenvalue weighted by molar-refractivity contribution is 6.30. The summed E-state index contributed by atoms with van der Waals surface area (Å²) in [4.78, 5) is 20.1. The van der Waals surface area contributed by atoms with Gasteiger partial charge >= 0.3 is 11.9 Å². The molecule has 0 saturated carbocycles. The number of hydrogen-bond donors (Lipinski definition) is 1. The third-order valence-electron chi connectivity index (χ3n) is 2.80. The molecule has 0 saturated heterocycles. The van der Waals surface area contributed by atoms with Crippen LogP contribution in [0.1, 0.15) is 5.69 Å². The topological polar surface area (TPSA) is 71.8 Å². The lowest BCUT2D eigenvalue weighted by Gasteiger charge is -2.08. The molecule has 1 aromatic carbocycles. The van der Waals surface area contributed by atoms with E-state index in [2.05, 4.69) is 15.0 Å². The van der Waals surface area contributed by atoms with Crippen molar-refractivity contribution in [3.63, 3.8) is 0 Å². The molecule has 10 heteroatoms. The van der Waals surface area contributed by atoms with E-state index in [0.717, 1.165) is 12.3 Å². The zero-order valence-electron chi connectivity index (χ0n) is 10.3. The van der Waals surface area contributed by atoms with Crippen LogP contribution in [0.4, 0.5) is 17.6 Å². The third-order valence-corrected chi connectivity index (χ3v) is 3.07. The average Bonchev–Trinajstić information content (AvgIpc) is 2.80. The molecule has 0 amide bonds. The van der Waals surface area contributed by atoms with Gasteiger partial charge in [0.05, 0.1) is 11.9 Å². The van der Waals surface area contributed by atoms with E-state index in [0.29, 0.717) is 0 Å². The van der Waals surface area contributed by atoms with Crippen molar-refractivity contribution in [3.05, 3.63) is 45.5 Å². The molecule has 1 N–H and O–H groups in total. The van der Waals surface area contributed by atoms with E-state index in [1.165, 1.54) is 6.07 Å². The van der Waals surface area contributed by atoms with Gasteiger partial charge in [0.2, 0.25) is 0 Å². The molecule has 22 heavy (non-hydrogen) atoms. The SMILES string of the molecule is O=c1[nH]c2c(F)ccc(-c3cnc(C(F)(F)F)c(Cl)n3)c2o1. The fraction of sp³-hybridized carbons (Fsp3) is 0.0833. The van der Waals surface area contributed by atoms with Crippen LogP contribution in [0, 0.1) is 5.82 Å². The molecule has 2 heterocycles. The van der Waals surface area contributed by atoms with E-state index >= 15 is 0 Å². The van der Waals surface area contributed by atoms with Gasteiger partial charge in [-0.3, -0.25) is 4.98 Å². The first-order chi connectivity index (χ1) is 10.3. The number of alkyl halides is 3. The molecule has 0 aliphatic carbocycles. The molecule has 0 bridgehead atoms. The predicted octanol–water partition coefficient (Wildman–Crippen LogP) is 3.39. The number of rotatable bonds is 1. The Morgan fingerprint density at radius 2 is 2.00 bits per heavy atom. The zero-order valence-corrected chi connectivity index (χ0v) is 11.1. The molecule has 5 nitrogen and oxygen atoms in total. The van der Waals surface area contributed by atoms with Gasteiger partial charge in [0.25, 0.3) is 0 Å². The van der Waals surface area contributed by atoms with Gasteiger partial charge in [-0.25, -0.2) is 19.2 Å². The number of nitrogens with zero attached hydrogens (tertiary/aromatic N) is 2. The smallest absolute Gasteiger partial charge is 0.407 e. The molecule has 0 aliphatic heterocycles. The van der Waals surface area contributed by atoms with E-state index in [9.17, 15) is 22.4 Å². The van der Waals surface area contributed by atoms with Crippen molar-refractivity contribution >= 4 is 22.7 Å². The Hall–Kier alpha value is -2.42. The molecule has 0 fully saturated rings.